The molecule has 0 aliphatic rings. The fraction of sp³-hybridized carbons (Fsp3) is 0.636. The first kappa shape index (κ1) is 16.3. The lowest BCUT2D eigenvalue weighted by Crippen LogP contribution is -2.45. The number of aliphatic hydroxyl groups excluding tert-OH is 1. The highest BCUT2D eigenvalue weighted by molar-refractivity contribution is 5.79. The molecule has 0 amide bonds. The molecule has 0 spiro atoms. The predicted octanol–water partition coefficient (Wildman–Crippen LogP) is 0.880. The van der Waals surface area contributed by atoms with E-state index in [9.17, 15) is 13.2 Å². The molecule has 1 unspecified atom stereocenters. The Kier molecular flexibility index (Phi) is 5.37. The topological polar surface area (TPSA) is 82.7 Å². The second kappa shape index (κ2) is 6.60. The minimum Gasteiger partial charge on any atom is -0.382 e. The lowest BCUT2D eigenvalue weighted by atomic mass is 10.2. The predicted molar refractivity (Wildman–Crippen MR) is 66.2 cm³/mol. The quantitative estimate of drug-likeness (QED) is 0.567. The number of aryl methyl sites for hydroxylation is 2. The largest absolute Gasteiger partial charge is 0.416 e. The molecule has 1 atom stereocenters. The van der Waals surface area contributed by atoms with Crippen LogP contribution in [-0.4, -0.2) is 42.1 Å². The average molecular weight is 294 g/mol. The van der Waals surface area contributed by atoms with Gasteiger partial charge in [0.05, 0.1) is 12.2 Å². The monoisotopic (exact) mass is 294 g/mol. The maximum atomic E-state index is 12.1. The number of rotatable bonds is 4. The highest BCUT2D eigenvalue weighted by atomic mass is 19.4. The summed E-state index contributed by atoms with van der Waals surface area (Å²) >= 11 is 0. The Morgan fingerprint density at radius 2 is 2.05 bits per heavy atom. The number of aromatic nitrogens is 1. The molecule has 0 aromatic carbocycles. The van der Waals surface area contributed by atoms with Gasteiger partial charge in [-0.05, 0) is 13.8 Å². The van der Waals surface area contributed by atoms with Gasteiger partial charge in [-0.1, -0.05) is 5.16 Å². The molecule has 20 heavy (non-hydrogen) atoms. The van der Waals surface area contributed by atoms with Crippen molar-refractivity contribution in [3.8, 4) is 0 Å². The van der Waals surface area contributed by atoms with Crippen LogP contribution >= 0.6 is 0 Å². The summed E-state index contributed by atoms with van der Waals surface area (Å²) in [4.78, 5) is 3.77. The zero-order chi connectivity index (χ0) is 15.3. The van der Waals surface area contributed by atoms with Crippen LogP contribution in [0.4, 0.5) is 13.2 Å². The van der Waals surface area contributed by atoms with Gasteiger partial charge in [0.2, 0.25) is 0 Å². The van der Waals surface area contributed by atoms with E-state index < -0.39 is 18.8 Å². The lowest BCUT2D eigenvalue weighted by molar-refractivity contribution is -0.201. The number of alkyl halides is 3. The highest BCUT2D eigenvalue weighted by Crippen LogP contribution is 2.19. The van der Waals surface area contributed by atoms with E-state index in [1.54, 1.807) is 13.8 Å². The van der Waals surface area contributed by atoms with Crippen molar-refractivity contribution in [1.82, 2.24) is 15.8 Å². The maximum absolute atomic E-state index is 12.1. The van der Waals surface area contributed by atoms with Crippen molar-refractivity contribution in [3.63, 3.8) is 0 Å². The van der Waals surface area contributed by atoms with Gasteiger partial charge >= 0.3 is 6.18 Å². The van der Waals surface area contributed by atoms with Crippen molar-refractivity contribution >= 4 is 5.96 Å². The van der Waals surface area contributed by atoms with E-state index in [1.807, 2.05) is 0 Å². The second-order valence-electron chi connectivity index (χ2n) is 4.17. The zero-order valence-corrected chi connectivity index (χ0v) is 11.4. The van der Waals surface area contributed by atoms with Crippen LogP contribution in [0, 0.1) is 13.8 Å². The minimum atomic E-state index is -4.66. The van der Waals surface area contributed by atoms with Gasteiger partial charge in [0.25, 0.3) is 0 Å². The number of hydrogen-bond donors (Lipinski definition) is 3. The van der Waals surface area contributed by atoms with Crippen LogP contribution in [0.1, 0.15) is 17.0 Å². The summed E-state index contributed by atoms with van der Waals surface area (Å²) in [5.41, 5.74) is 1.50. The third kappa shape index (κ3) is 4.41. The first-order chi connectivity index (χ1) is 9.25. The molecule has 0 saturated heterocycles. The second-order valence-corrected chi connectivity index (χ2v) is 4.17. The van der Waals surface area contributed by atoms with Crippen LogP contribution in [-0.2, 0) is 6.54 Å². The van der Waals surface area contributed by atoms with E-state index >= 15 is 0 Å². The molecule has 0 radical (unpaired) electrons. The summed E-state index contributed by atoms with van der Waals surface area (Å²) < 4.78 is 41.4. The number of guanidine groups is 1. The Bertz CT molecular complexity index is 451. The number of nitrogens with one attached hydrogen (secondary N) is 2. The molecule has 1 aromatic heterocycles. The number of halogens is 3. The first-order valence-corrected chi connectivity index (χ1v) is 5.86. The van der Waals surface area contributed by atoms with Crippen molar-refractivity contribution in [2.24, 2.45) is 4.99 Å². The number of aliphatic imine (C=N–C) groups is 1. The van der Waals surface area contributed by atoms with Gasteiger partial charge in [0.1, 0.15) is 5.76 Å². The van der Waals surface area contributed by atoms with E-state index in [2.05, 4.69) is 20.8 Å². The normalized spacial score (nSPS) is 14.2. The van der Waals surface area contributed by atoms with Crippen LogP contribution in [0.3, 0.4) is 0 Å². The number of hydrogen-bond acceptors (Lipinski definition) is 4. The molecule has 0 aliphatic heterocycles. The van der Waals surface area contributed by atoms with E-state index in [0.29, 0.717) is 18.0 Å². The van der Waals surface area contributed by atoms with Crippen LogP contribution in [0.25, 0.3) is 0 Å². The molecule has 0 fully saturated rings. The molecule has 0 saturated carbocycles. The fourth-order valence-corrected chi connectivity index (χ4v) is 1.46. The van der Waals surface area contributed by atoms with Crippen LogP contribution in [0.5, 0.6) is 0 Å². The molecular formula is C11H17F3N4O2. The molecule has 0 aliphatic carbocycles. The minimum absolute atomic E-state index is 0.147. The first-order valence-electron chi connectivity index (χ1n) is 5.86. The summed E-state index contributed by atoms with van der Waals surface area (Å²) in [5, 5.41) is 17.9. The third-order valence-corrected chi connectivity index (χ3v) is 2.68. The average Bonchev–Trinajstić information content (AvgIpc) is 2.68. The molecule has 6 nitrogen and oxygen atoms in total. The Balaban J connectivity index is 2.49. The van der Waals surface area contributed by atoms with Gasteiger partial charge in [0, 0.05) is 19.2 Å². The Morgan fingerprint density at radius 1 is 1.40 bits per heavy atom. The standard InChI is InChI=1S/C11H17F3N4O2/c1-6-8(7(2)20-18-6)4-16-10(15-3)17-5-9(19)11(12,13)14/h9,19H,4-5H2,1-3H3,(H2,15,16,17). The number of aliphatic hydroxyl groups is 1. The fourth-order valence-electron chi connectivity index (χ4n) is 1.46. The van der Waals surface area contributed by atoms with Gasteiger partial charge in [-0.25, -0.2) is 0 Å². The summed E-state index contributed by atoms with van der Waals surface area (Å²) in [6.45, 7) is 3.13. The third-order valence-electron chi connectivity index (χ3n) is 2.68. The number of nitrogens with zero attached hydrogens (tertiary/aromatic N) is 2. The molecule has 3 N–H and O–H groups in total. The van der Waals surface area contributed by atoms with Crippen molar-refractivity contribution in [1.29, 1.82) is 0 Å². The van der Waals surface area contributed by atoms with Crippen molar-refractivity contribution in [2.75, 3.05) is 13.6 Å². The van der Waals surface area contributed by atoms with Crippen molar-refractivity contribution in [2.45, 2.75) is 32.7 Å². The Labute approximate surface area is 114 Å². The maximum Gasteiger partial charge on any atom is 0.416 e. The van der Waals surface area contributed by atoms with E-state index in [4.69, 9.17) is 9.63 Å². The van der Waals surface area contributed by atoms with Gasteiger partial charge in [0.15, 0.2) is 12.1 Å². The van der Waals surface area contributed by atoms with E-state index in [1.165, 1.54) is 7.05 Å². The molecular weight excluding hydrogens is 277 g/mol. The van der Waals surface area contributed by atoms with Crippen LogP contribution in [0.2, 0.25) is 0 Å². The summed E-state index contributed by atoms with van der Waals surface area (Å²) in [7, 11) is 1.42. The molecule has 0 bridgehead atoms. The smallest absolute Gasteiger partial charge is 0.382 e. The zero-order valence-electron chi connectivity index (χ0n) is 11.4. The molecule has 1 heterocycles. The van der Waals surface area contributed by atoms with Gasteiger partial charge in [-0.2, -0.15) is 13.2 Å². The van der Waals surface area contributed by atoms with E-state index in [0.717, 1.165) is 5.56 Å². The van der Waals surface area contributed by atoms with Crippen LogP contribution in [0.15, 0.2) is 9.52 Å². The molecule has 114 valence electrons. The summed E-state index contributed by atoms with van der Waals surface area (Å²) in [6, 6.07) is 0. The van der Waals surface area contributed by atoms with Gasteiger partial charge < -0.3 is 20.3 Å². The Hall–Kier alpha value is -1.77. The summed E-state index contributed by atoms with van der Waals surface area (Å²) in [6.07, 6.45) is -7.10. The van der Waals surface area contributed by atoms with Crippen molar-refractivity contribution in [3.05, 3.63) is 17.0 Å². The lowest BCUT2D eigenvalue weighted by Gasteiger charge is -2.17. The van der Waals surface area contributed by atoms with Gasteiger partial charge in [-0.3, -0.25) is 4.99 Å². The highest BCUT2D eigenvalue weighted by Gasteiger charge is 2.38. The van der Waals surface area contributed by atoms with Crippen LogP contribution < -0.4 is 10.6 Å². The SMILES string of the molecule is CN=C(NCc1c(C)noc1C)NCC(O)C(F)(F)F. The Morgan fingerprint density at radius 3 is 2.50 bits per heavy atom. The molecule has 1 rings (SSSR count). The van der Waals surface area contributed by atoms with Crippen molar-refractivity contribution < 1.29 is 22.8 Å². The van der Waals surface area contributed by atoms with Gasteiger partial charge in [-0.15, -0.1) is 0 Å². The summed E-state index contributed by atoms with van der Waals surface area (Å²) in [5.74, 6) is 0.772. The van der Waals surface area contributed by atoms with E-state index in [-0.39, 0.29) is 5.96 Å². The molecule has 1 aromatic rings. The molecule has 9 heteroatoms.